The summed E-state index contributed by atoms with van der Waals surface area (Å²) in [4.78, 5) is 2.19. The highest BCUT2D eigenvalue weighted by Gasteiger charge is 2.10. The van der Waals surface area contributed by atoms with Crippen molar-refractivity contribution in [2.75, 3.05) is 18.0 Å². The molecule has 2 aromatic rings. The maximum Gasteiger partial charge on any atom is 0.123 e. The molecule has 0 aliphatic rings. The van der Waals surface area contributed by atoms with Gasteiger partial charge >= 0.3 is 0 Å². The summed E-state index contributed by atoms with van der Waals surface area (Å²) in [7, 11) is 0. The first-order valence-corrected chi connectivity index (χ1v) is 7.49. The average molecular weight is 286 g/mol. The quantitative estimate of drug-likeness (QED) is 0.842. The Labute approximate surface area is 126 Å². The molecule has 0 aromatic heterocycles. The fraction of sp³-hybridized carbons (Fsp3) is 0.333. The Balaban J connectivity index is 1.87. The molecule has 3 heteroatoms. The number of aryl methyl sites for hydroxylation is 1. The van der Waals surface area contributed by atoms with Crippen molar-refractivity contribution >= 4 is 5.69 Å². The third-order valence-electron chi connectivity index (χ3n) is 3.68. The fourth-order valence-electron chi connectivity index (χ4n) is 2.44. The predicted molar refractivity (Wildman–Crippen MR) is 87.0 cm³/mol. The van der Waals surface area contributed by atoms with E-state index in [4.69, 9.17) is 5.73 Å². The molecule has 0 heterocycles. The predicted octanol–water partition coefficient (Wildman–Crippen LogP) is 3.61. The van der Waals surface area contributed by atoms with Crippen LogP contribution in [-0.4, -0.2) is 19.1 Å². The van der Waals surface area contributed by atoms with Gasteiger partial charge in [-0.25, -0.2) is 4.39 Å². The minimum atomic E-state index is -0.205. The van der Waals surface area contributed by atoms with Crippen LogP contribution in [0, 0.1) is 5.82 Å². The molecule has 2 rings (SSSR count). The number of nitrogens with two attached hydrogens (primary N) is 1. The Morgan fingerprint density at radius 1 is 1.05 bits per heavy atom. The van der Waals surface area contributed by atoms with Gasteiger partial charge in [0.05, 0.1) is 0 Å². The molecule has 21 heavy (non-hydrogen) atoms. The van der Waals surface area contributed by atoms with E-state index in [9.17, 15) is 4.39 Å². The number of benzene rings is 2. The van der Waals surface area contributed by atoms with Crippen molar-refractivity contribution in [1.29, 1.82) is 0 Å². The standard InChI is InChI=1S/C18H23FN2/c1-2-21(18-12-9-16(19)10-13-18)14-17(20)11-8-15-6-4-3-5-7-15/h3-7,9-10,12-13,17H,2,8,11,14,20H2,1H3. The third kappa shape index (κ3) is 4.87. The van der Waals surface area contributed by atoms with Gasteiger partial charge in [0.1, 0.15) is 5.82 Å². The zero-order valence-electron chi connectivity index (χ0n) is 12.5. The largest absolute Gasteiger partial charge is 0.370 e. The molecule has 112 valence electrons. The number of halogens is 1. The van der Waals surface area contributed by atoms with Crippen LogP contribution >= 0.6 is 0 Å². The summed E-state index contributed by atoms with van der Waals surface area (Å²) in [5, 5.41) is 0. The minimum Gasteiger partial charge on any atom is -0.370 e. The highest BCUT2D eigenvalue weighted by Crippen LogP contribution is 2.15. The van der Waals surface area contributed by atoms with Crippen molar-refractivity contribution in [3.05, 3.63) is 66.0 Å². The van der Waals surface area contributed by atoms with E-state index in [2.05, 4.69) is 36.1 Å². The first-order chi connectivity index (χ1) is 10.2. The smallest absolute Gasteiger partial charge is 0.123 e. The summed E-state index contributed by atoms with van der Waals surface area (Å²) in [6.45, 7) is 3.74. The second-order valence-corrected chi connectivity index (χ2v) is 5.30. The van der Waals surface area contributed by atoms with Crippen LogP contribution in [0.15, 0.2) is 54.6 Å². The van der Waals surface area contributed by atoms with E-state index in [1.165, 1.54) is 17.7 Å². The van der Waals surface area contributed by atoms with E-state index < -0.39 is 0 Å². The molecule has 0 saturated heterocycles. The van der Waals surface area contributed by atoms with Gasteiger partial charge in [0, 0.05) is 24.8 Å². The van der Waals surface area contributed by atoms with Gasteiger partial charge in [0.15, 0.2) is 0 Å². The zero-order valence-corrected chi connectivity index (χ0v) is 12.5. The van der Waals surface area contributed by atoms with Crippen LogP contribution in [-0.2, 0) is 6.42 Å². The molecule has 0 spiro atoms. The van der Waals surface area contributed by atoms with E-state index in [0.717, 1.165) is 31.6 Å². The molecule has 0 aliphatic carbocycles. The van der Waals surface area contributed by atoms with Crippen molar-refractivity contribution < 1.29 is 4.39 Å². The summed E-state index contributed by atoms with van der Waals surface area (Å²) in [5.74, 6) is -0.205. The van der Waals surface area contributed by atoms with Gasteiger partial charge in [-0.15, -0.1) is 0 Å². The van der Waals surface area contributed by atoms with E-state index in [1.807, 2.05) is 18.2 Å². The highest BCUT2D eigenvalue weighted by atomic mass is 19.1. The average Bonchev–Trinajstić information content (AvgIpc) is 2.52. The van der Waals surface area contributed by atoms with Crippen LogP contribution < -0.4 is 10.6 Å². The third-order valence-corrected chi connectivity index (χ3v) is 3.68. The van der Waals surface area contributed by atoms with E-state index >= 15 is 0 Å². The molecule has 2 nitrogen and oxygen atoms in total. The molecule has 0 bridgehead atoms. The van der Waals surface area contributed by atoms with Crippen LogP contribution in [0.4, 0.5) is 10.1 Å². The molecule has 0 amide bonds. The molecule has 0 aliphatic heterocycles. The van der Waals surface area contributed by atoms with Crippen molar-refractivity contribution in [2.24, 2.45) is 5.73 Å². The summed E-state index contributed by atoms with van der Waals surface area (Å²) in [6, 6.07) is 17.1. The molecule has 0 radical (unpaired) electrons. The lowest BCUT2D eigenvalue weighted by atomic mass is 10.1. The Morgan fingerprint density at radius 3 is 2.33 bits per heavy atom. The lowest BCUT2D eigenvalue weighted by Gasteiger charge is -2.26. The van der Waals surface area contributed by atoms with Crippen molar-refractivity contribution in [3.8, 4) is 0 Å². The van der Waals surface area contributed by atoms with Crippen LogP contribution in [0.1, 0.15) is 18.9 Å². The topological polar surface area (TPSA) is 29.3 Å². The van der Waals surface area contributed by atoms with Gasteiger partial charge in [0.25, 0.3) is 0 Å². The second-order valence-electron chi connectivity index (χ2n) is 5.30. The first kappa shape index (κ1) is 15.5. The number of hydrogen-bond acceptors (Lipinski definition) is 2. The van der Waals surface area contributed by atoms with Crippen molar-refractivity contribution in [3.63, 3.8) is 0 Å². The normalized spacial score (nSPS) is 12.1. The van der Waals surface area contributed by atoms with Crippen LogP contribution in [0.5, 0.6) is 0 Å². The Hall–Kier alpha value is -1.87. The van der Waals surface area contributed by atoms with Gasteiger partial charge in [-0.1, -0.05) is 30.3 Å². The molecule has 1 atom stereocenters. The number of nitrogens with zero attached hydrogens (tertiary/aromatic N) is 1. The Bertz CT molecular complexity index is 525. The van der Waals surface area contributed by atoms with Crippen LogP contribution in [0.2, 0.25) is 0 Å². The van der Waals surface area contributed by atoms with Gasteiger partial charge in [0.2, 0.25) is 0 Å². The Morgan fingerprint density at radius 2 is 1.71 bits per heavy atom. The fourth-order valence-corrected chi connectivity index (χ4v) is 2.44. The van der Waals surface area contributed by atoms with E-state index in [1.54, 1.807) is 0 Å². The maximum atomic E-state index is 13.0. The molecule has 2 aromatic carbocycles. The second kappa shape index (κ2) is 7.79. The monoisotopic (exact) mass is 286 g/mol. The van der Waals surface area contributed by atoms with Crippen molar-refractivity contribution in [2.45, 2.75) is 25.8 Å². The zero-order chi connectivity index (χ0) is 15.1. The molecular formula is C18H23FN2. The summed E-state index contributed by atoms with van der Waals surface area (Å²) in [5.41, 5.74) is 8.59. The summed E-state index contributed by atoms with van der Waals surface area (Å²) >= 11 is 0. The molecule has 0 saturated carbocycles. The Kier molecular flexibility index (Phi) is 5.76. The number of likely N-dealkylation sites (N-methyl/N-ethyl adjacent to an activating group) is 1. The van der Waals surface area contributed by atoms with Crippen LogP contribution in [0.25, 0.3) is 0 Å². The molecular weight excluding hydrogens is 263 g/mol. The molecule has 1 unspecified atom stereocenters. The van der Waals surface area contributed by atoms with Gasteiger partial charge in [-0.05, 0) is 49.6 Å². The highest BCUT2D eigenvalue weighted by molar-refractivity contribution is 5.46. The first-order valence-electron chi connectivity index (χ1n) is 7.49. The van der Waals surface area contributed by atoms with Gasteiger partial charge < -0.3 is 10.6 Å². The van der Waals surface area contributed by atoms with Crippen LogP contribution in [0.3, 0.4) is 0 Å². The SMILES string of the molecule is CCN(CC(N)CCc1ccccc1)c1ccc(F)cc1. The minimum absolute atomic E-state index is 0.107. The summed E-state index contributed by atoms with van der Waals surface area (Å²) in [6.07, 6.45) is 1.94. The van der Waals surface area contributed by atoms with E-state index in [0.29, 0.717) is 0 Å². The maximum absolute atomic E-state index is 13.0. The summed E-state index contributed by atoms with van der Waals surface area (Å²) < 4.78 is 13.0. The number of hydrogen-bond donors (Lipinski definition) is 1. The van der Waals surface area contributed by atoms with Gasteiger partial charge in [-0.3, -0.25) is 0 Å². The number of anilines is 1. The number of rotatable bonds is 7. The van der Waals surface area contributed by atoms with Crippen molar-refractivity contribution in [1.82, 2.24) is 0 Å². The lowest BCUT2D eigenvalue weighted by Crippen LogP contribution is -2.37. The molecule has 2 N–H and O–H groups in total. The molecule has 0 fully saturated rings. The van der Waals surface area contributed by atoms with E-state index in [-0.39, 0.29) is 11.9 Å². The lowest BCUT2D eigenvalue weighted by molar-refractivity contribution is 0.593. The van der Waals surface area contributed by atoms with Gasteiger partial charge in [-0.2, -0.15) is 0 Å².